The third-order valence-electron chi connectivity index (χ3n) is 4.03. The van der Waals surface area contributed by atoms with Crippen molar-refractivity contribution in [2.24, 2.45) is 4.99 Å². The van der Waals surface area contributed by atoms with E-state index >= 15 is 0 Å². The Balaban J connectivity index is 1.75. The number of benzene rings is 2. The fourth-order valence-corrected chi connectivity index (χ4v) is 3.84. The van der Waals surface area contributed by atoms with E-state index in [1.54, 1.807) is 31.3 Å². The first-order valence-electron chi connectivity index (χ1n) is 8.77. The molecule has 0 aliphatic carbocycles. The van der Waals surface area contributed by atoms with Gasteiger partial charge in [-0.3, -0.25) is 14.5 Å². The van der Waals surface area contributed by atoms with Crippen molar-refractivity contribution in [3.8, 4) is 5.75 Å². The molecule has 1 N–H and O–H groups in total. The number of carbonyl (C=O) groups is 2. The third kappa shape index (κ3) is 5.05. The van der Waals surface area contributed by atoms with Crippen molar-refractivity contribution >= 4 is 51.7 Å². The van der Waals surface area contributed by atoms with Crippen LogP contribution in [0.2, 0.25) is 5.02 Å². The van der Waals surface area contributed by atoms with E-state index in [0.29, 0.717) is 28.2 Å². The van der Waals surface area contributed by atoms with Crippen molar-refractivity contribution in [1.82, 2.24) is 4.90 Å². The van der Waals surface area contributed by atoms with Crippen LogP contribution < -0.4 is 10.1 Å². The average Bonchev–Trinajstić information content (AvgIpc) is 2.67. The van der Waals surface area contributed by atoms with Crippen molar-refractivity contribution < 1.29 is 14.3 Å². The summed E-state index contributed by atoms with van der Waals surface area (Å²) < 4.78 is 5.42. The minimum Gasteiger partial charge on any atom is -0.494 e. The molecule has 1 saturated heterocycles. The number of nitrogens with zero attached hydrogens (tertiary/aromatic N) is 2. The first kappa shape index (κ1) is 20.2. The first-order valence-corrected chi connectivity index (χ1v) is 10.0. The number of amidine groups is 1. The number of ether oxygens (including phenoxy) is 1. The molecular weight excluding hydrogens is 398 g/mol. The van der Waals surface area contributed by atoms with E-state index in [1.807, 2.05) is 31.2 Å². The van der Waals surface area contributed by atoms with Crippen LogP contribution in [-0.2, 0) is 9.59 Å². The predicted molar refractivity (Wildman–Crippen MR) is 114 cm³/mol. The Hall–Kier alpha value is -2.51. The van der Waals surface area contributed by atoms with Crippen LogP contribution in [0, 0.1) is 0 Å². The van der Waals surface area contributed by atoms with Gasteiger partial charge in [0.25, 0.3) is 0 Å². The largest absolute Gasteiger partial charge is 0.494 e. The number of aliphatic imine (C=N–C) groups is 1. The Bertz CT molecular complexity index is 902. The first-order chi connectivity index (χ1) is 13.5. The van der Waals surface area contributed by atoms with Gasteiger partial charge in [-0.15, -0.1) is 0 Å². The summed E-state index contributed by atoms with van der Waals surface area (Å²) in [6.07, 6.45) is 0.107. The number of amides is 2. The molecule has 1 heterocycles. The molecule has 1 fully saturated rings. The van der Waals surface area contributed by atoms with E-state index in [-0.39, 0.29) is 18.2 Å². The monoisotopic (exact) mass is 417 g/mol. The van der Waals surface area contributed by atoms with Gasteiger partial charge in [0.15, 0.2) is 5.17 Å². The number of halogens is 1. The lowest BCUT2D eigenvalue weighted by molar-refractivity contribution is -0.128. The second-order valence-corrected chi connectivity index (χ2v) is 7.69. The SMILES string of the molecule is CCOc1ccc(N=C2SC(C(=O)Nc3cccc(Cl)c3)CC(=O)N2C)cc1. The maximum Gasteiger partial charge on any atom is 0.238 e. The summed E-state index contributed by atoms with van der Waals surface area (Å²) in [5, 5.41) is 3.25. The quantitative estimate of drug-likeness (QED) is 0.786. The minimum atomic E-state index is -0.566. The number of rotatable bonds is 5. The summed E-state index contributed by atoms with van der Waals surface area (Å²) in [4.78, 5) is 31.0. The summed E-state index contributed by atoms with van der Waals surface area (Å²) in [5.41, 5.74) is 1.27. The van der Waals surface area contributed by atoms with Crippen molar-refractivity contribution in [3.63, 3.8) is 0 Å². The molecule has 0 bridgehead atoms. The normalized spacial score (nSPS) is 18.2. The summed E-state index contributed by atoms with van der Waals surface area (Å²) in [6, 6.07) is 14.2. The van der Waals surface area contributed by atoms with E-state index in [2.05, 4.69) is 10.3 Å². The molecule has 2 aromatic carbocycles. The lowest BCUT2D eigenvalue weighted by atomic mass is 10.2. The topological polar surface area (TPSA) is 71.0 Å². The number of hydrogen-bond donors (Lipinski definition) is 1. The number of carbonyl (C=O) groups excluding carboxylic acids is 2. The summed E-state index contributed by atoms with van der Waals surface area (Å²) in [6.45, 7) is 2.51. The summed E-state index contributed by atoms with van der Waals surface area (Å²) >= 11 is 7.22. The molecule has 0 aromatic heterocycles. The van der Waals surface area contributed by atoms with Gasteiger partial charge in [-0.05, 0) is 49.4 Å². The Morgan fingerprint density at radius 2 is 2.07 bits per heavy atom. The zero-order valence-corrected chi connectivity index (χ0v) is 17.1. The zero-order valence-electron chi connectivity index (χ0n) is 15.5. The Labute approximate surface area is 172 Å². The number of thioether (sulfide) groups is 1. The van der Waals surface area contributed by atoms with Crippen LogP contribution in [0.1, 0.15) is 13.3 Å². The number of anilines is 1. The third-order valence-corrected chi connectivity index (χ3v) is 5.50. The molecule has 0 radical (unpaired) electrons. The fraction of sp³-hybridized carbons (Fsp3) is 0.250. The van der Waals surface area contributed by atoms with Crippen molar-refractivity contribution in [2.75, 3.05) is 19.0 Å². The highest BCUT2D eigenvalue weighted by atomic mass is 35.5. The van der Waals surface area contributed by atoms with E-state index in [9.17, 15) is 9.59 Å². The molecule has 1 atom stereocenters. The van der Waals surface area contributed by atoms with Gasteiger partial charge >= 0.3 is 0 Å². The Kier molecular flexibility index (Phi) is 6.59. The van der Waals surface area contributed by atoms with Crippen LogP contribution in [0.15, 0.2) is 53.5 Å². The van der Waals surface area contributed by atoms with Gasteiger partial charge in [-0.1, -0.05) is 29.4 Å². The van der Waals surface area contributed by atoms with Crippen LogP contribution >= 0.6 is 23.4 Å². The fourth-order valence-electron chi connectivity index (χ4n) is 2.58. The highest BCUT2D eigenvalue weighted by molar-refractivity contribution is 8.15. The number of nitrogens with one attached hydrogen (secondary N) is 1. The lowest BCUT2D eigenvalue weighted by Gasteiger charge is -2.28. The van der Waals surface area contributed by atoms with Crippen LogP contribution in [0.25, 0.3) is 0 Å². The summed E-state index contributed by atoms with van der Waals surface area (Å²) in [7, 11) is 1.66. The van der Waals surface area contributed by atoms with Gasteiger partial charge in [-0.25, -0.2) is 4.99 Å². The van der Waals surface area contributed by atoms with Crippen LogP contribution in [0.4, 0.5) is 11.4 Å². The maximum absolute atomic E-state index is 12.6. The van der Waals surface area contributed by atoms with Gasteiger partial charge in [0.1, 0.15) is 11.0 Å². The van der Waals surface area contributed by atoms with E-state index in [4.69, 9.17) is 16.3 Å². The molecule has 2 aromatic rings. The lowest BCUT2D eigenvalue weighted by Crippen LogP contribution is -2.43. The highest BCUT2D eigenvalue weighted by Crippen LogP contribution is 2.29. The van der Waals surface area contributed by atoms with Crippen LogP contribution in [0.5, 0.6) is 5.75 Å². The van der Waals surface area contributed by atoms with E-state index < -0.39 is 5.25 Å². The summed E-state index contributed by atoms with van der Waals surface area (Å²) in [5.74, 6) is 0.341. The molecule has 6 nitrogen and oxygen atoms in total. The zero-order chi connectivity index (χ0) is 20.1. The van der Waals surface area contributed by atoms with Gasteiger partial charge < -0.3 is 10.1 Å². The van der Waals surface area contributed by atoms with Crippen LogP contribution in [0.3, 0.4) is 0 Å². The highest BCUT2D eigenvalue weighted by Gasteiger charge is 2.34. The molecule has 3 rings (SSSR count). The molecule has 28 heavy (non-hydrogen) atoms. The smallest absolute Gasteiger partial charge is 0.238 e. The van der Waals surface area contributed by atoms with E-state index in [1.165, 1.54) is 16.7 Å². The predicted octanol–water partition coefficient (Wildman–Crippen LogP) is 4.33. The Morgan fingerprint density at radius 1 is 1.32 bits per heavy atom. The molecular formula is C20H20ClN3O3S. The maximum atomic E-state index is 12.6. The van der Waals surface area contributed by atoms with Crippen LogP contribution in [-0.4, -0.2) is 40.8 Å². The Morgan fingerprint density at radius 3 is 2.75 bits per heavy atom. The molecule has 1 aliphatic heterocycles. The standard InChI is InChI=1S/C20H20ClN3O3S/c1-3-27-16-9-7-14(8-10-16)23-20-24(2)18(25)12-17(28-20)19(26)22-15-6-4-5-13(21)11-15/h4-11,17H,3,12H2,1-2H3,(H,22,26). The van der Waals surface area contributed by atoms with Gasteiger partial charge in [0.05, 0.1) is 12.3 Å². The number of hydrogen-bond acceptors (Lipinski definition) is 5. The van der Waals surface area contributed by atoms with Gasteiger partial charge in [0.2, 0.25) is 11.8 Å². The molecule has 0 saturated carbocycles. The molecule has 0 spiro atoms. The molecule has 1 unspecified atom stereocenters. The average molecular weight is 418 g/mol. The molecule has 8 heteroatoms. The van der Waals surface area contributed by atoms with Crippen molar-refractivity contribution in [1.29, 1.82) is 0 Å². The second kappa shape index (κ2) is 9.12. The molecule has 2 amide bonds. The van der Waals surface area contributed by atoms with Crippen molar-refractivity contribution in [3.05, 3.63) is 53.6 Å². The molecule has 1 aliphatic rings. The van der Waals surface area contributed by atoms with Crippen molar-refractivity contribution in [2.45, 2.75) is 18.6 Å². The van der Waals surface area contributed by atoms with Gasteiger partial charge in [-0.2, -0.15) is 0 Å². The second-order valence-electron chi connectivity index (χ2n) is 6.08. The minimum absolute atomic E-state index is 0.107. The van der Waals surface area contributed by atoms with E-state index in [0.717, 1.165) is 5.75 Å². The van der Waals surface area contributed by atoms with Gasteiger partial charge in [0, 0.05) is 24.2 Å². The molecule has 146 valence electrons.